The smallest absolute Gasteiger partial charge is 0.235 e. The summed E-state index contributed by atoms with van der Waals surface area (Å²) in [5.74, 6) is 3.74. The van der Waals surface area contributed by atoms with E-state index in [4.69, 9.17) is 4.52 Å². The minimum absolute atomic E-state index is 0.0142. The van der Waals surface area contributed by atoms with Gasteiger partial charge in [0.1, 0.15) is 5.76 Å². The van der Waals surface area contributed by atoms with Crippen molar-refractivity contribution in [2.24, 2.45) is 17.8 Å². The van der Waals surface area contributed by atoms with Crippen LogP contribution < -0.4 is 10.6 Å². The van der Waals surface area contributed by atoms with Crippen LogP contribution in [0.4, 0.5) is 5.82 Å². The van der Waals surface area contributed by atoms with E-state index in [0.717, 1.165) is 11.8 Å². The summed E-state index contributed by atoms with van der Waals surface area (Å²) in [6.07, 6.45) is 5.31. The van der Waals surface area contributed by atoms with E-state index in [2.05, 4.69) is 22.7 Å². The zero-order chi connectivity index (χ0) is 17.1. The van der Waals surface area contributed by atoms with Gasteiger partial charge >= 0.3 is 0 Å². The largest absolute Gasteiger partial charge is 0.360 e. The third-order valence-corrected chi connectivity index (χ3v) is 6.12. The van der Waals surface area contributed by atoms with E-state index in [9.17, 15) is 9.59 Å². The molecule has 0 spiro atoms. The molecule has 2 fully saturated rings. The molecular weight excluding hydrogens is 326 g/mol. The molecule has 2 aliphatic carbocycles. The van der Waals surface area contributed by atoms with Crippen molar-refractivity contribution in [2.45, 2.75) is 45.6 Å². The van der Waals surface area contributed by atoms with Gasteiger partial charge in [-0.05, 0) is 50.9 Å². The number of carbonyl (C=O) groups excluding carboxylic acids is 2. The molecule has 2 N–H and O–H groups in total. The molecule has 24 heavy (non-hydrogen) atoms. The van der Waals surface area contributed by atoms with E-state index in [1.165, 1.54) is 37.4 Å². The SMILES string of the molecule is Cc1cc(NC(=O)CSCC(=O)NC(C)C2CC3CCC2C3)no1. The van der Waals surface area contributed by atoms with Gasteiger partial charge in [0.15, 0.2) is 5.82 Å². The number of nitrogens with zero attached hydrogens (tertiary/aromatic N) is 1. The highest BCUT2D eigenvalue weighted by molar-refractivity contribution is 8.00. The minimum atomic E-state index is -0.178. The molecule has 0 saturated heterocycles. The number of rotatable bonds is 7. The first-order valence-electron chi connectivity index (χ1n) is 8.61. The molecule has 132 valence electrons. The Bertz CT molecular complexity index is 604. The number of aryl methyl sites for hydroxylation is 1. The lowest BCUT2D eigenvalue weighted by atomic mass is 9.84. The van der Waals surface area contributed by atoms with Crippen molar-refractivity contribution in [1.29, 1.82) is 0 Å². The van der Waals surface area contributed by atoms with Gasteiger partial charge in [0, 0.05) is 12.1 Å². The fourth-order valence-corrected chi connectivity index (χ4v) is 4.78. The molecule has 1 heterocycles. The topological polar surface area (TPSA) is 84.2 Å². The second-order valence-corrected chi connectivity index (χ2v) is 8.04. The Morgan fingerprint density at radius 3 is 2.75 bits per heavy atom. The van der Waals surface area contributed by atoms with Crippen LogP contribution in [0.3, 0.4) is 0 Å². The average Bonchev–Trinajstić information content (AvgIpc) is 3.24. The molecule has 1 aromatic rings. The van der Waals surface area contributed by atoms with Gasteiger partial charge in [-0.3, -0.25) is 9.59 Å². The molecule has 1 aromatic heterocycles. The summed E-state index contributed by atoms with van der Waals surface area (Å²) in [5, 5.41) is 9.46. The lowest BCUT2D eigenvalue weighted by Gasteiger charge is -2.28. The summed E-state index contributed by atoms with van der Waals surface area (Å²) in [5.41, 5.74) is 0. The van der Waals surface area contributed by atoms with E-state index in [1.54, 1.807) is 13.0 Å². The quantitative estimate of drug-likeness (QED) is 0.789. The Morgan fingerprint density at radius 1 is 1.33 bits per heavy atom. The van der Waals surface area contributed by atoms with E-state index < -0.39 is 0 Å². The van der Waals surface area contributed by atoms with E-state index in [0.29, 0.717) is 23.2 Å². The first kappa shape index (κ1) is 17.3. The van der Waals surface area contributed by atoms with E-state index in [-0.39, 0.29) is 23.6 Å². The number of hydrogen-bond acceptors (Lipinski definition) is 5. The maximum absolute atomic E-state index is 12.1. The molecule has 2 aliphatic rings. The molecule has 2 saturated carbocycles. The van der Waals surface area contributed by atoms with Crippen molar-refractivity contribution in [3.8, 4) is 0 Å². The summed E-state index contributed by atoms with van der Waals surface area (Å²) < 4.78 is 4.89. The van der Waals surface area contributed by atoms with Gasteiger partial charge < -0.3 is 15.2 Å². The van der Waals surface area contributed by atoms with Crippen molar-refractivity contribution in [1.82, 2.24) is 10.5 Å². The molecule has 0 aliphatic heterocycles. The number of nitrogens with one attached hydrogen (secondary N) is 2. The molecule has 0 radical (unpaired) electrons. The predicted molar refractivity (Wildman–Crippen MR) is 93.7 cm³/mol. The number of anilines is 1. The van der Waals surface area contributed by atoms with Crippen LogP contribution in [-0.4, -0.2) is 34.5 Å². The number of fused-ring (bicyclic) bond motifs is 2. The summed E-state index contributed by atoms with van der Waals surface area (Å²) in [6.45, 7) is 3.88. The number of carbonyl (C=O) groups is 2. The summed E-state index contributed by atoms with van der Waals surface area (Å²) in [7, 11) is 0. The fourth-order valence-electron chi connectivity index (χ4n) is 4.15. The molecular formula is C17H25N3O3S. The highest BCUT2D eigenvalue weighted by Crippen LogP contribution is 2.49. The van der Waals surface area contributed by atoms with Gasteiger partial charge in [-0.15, -0.1) is 11.8 Å². The van der Waals surface area contributed by atoms with Crippen LogP contribution in [-0.2, 0) is 9.59 Å². The van der Waals surface area contributed by atoms with Crippen LogP contribution in [0.2, 0.25) is 0 Å². The standard InChI is InChI=1S/C17H25N3O3S/c1-10-5-15(20-23-10)19-17(22)9-24-8-16(21)18-11(2)14-7-12-3-4-13(14)6-12/h5,11-14H,3-4,6-9H2,1-2H3,(H,18,21)(H,19,20,22). The molecule has 4 unspecified atom stereocenters. The number of hydrogen-bond donors (Lipinski definition) is 2. The molecule has 2 bridgehead atoms. The lowest BCUT2D eigenvalue weighted by Crippen LogP contribution is -2.41. The first-order chi connectivity index (χ1) is 11.5. The van der Waals surface area contributed by atoms with Crippen LogP contribution in [0.15, 0.2) is 10.6 Å². The van der Waals surface area contributed by atoms with Crippen LogP contribution in [0.5, 0.6) is 0 Å². The van der Waals surface area contributed by atoms with E-state index in [1.807, 2.05) is 0 Å². The van der Waals surface area contributed by atoms with E-state index >= 15 is 0 Å². The fraction of sp³-hybridized carbons (Fsp3) is 0.706. The zero-order valence-corrected chi connectivity index (χ0v) is 15.0. The third-order valence-electron chi connectivity index (χ3n) is 5.19. The molecule has 3 rings (SSSR count). The Morgan fingerprint density at radius 2 is 2.12 bits per heavy atom. The van der Waals surface area contributed by atoms with Crippen molar-refractivity contribution in [3.63, 3.8) is 0 Å². The lowest BCUT2D eigenvalue weighted by molar-refractivity contribution is -0.119. The normalized spacial score (nSPS) is 26.3. The van der Waals surface area contributed by atoms with Crippen LogP contribution in [0.1, 0.15) is 38.4 Å². The highest BCUT2D eigenvalue weighted by Gasteiger charge is 2.42. The maximum Gasteiger partial charge on any atom is 0.235 e. The van der Waals surface area contributed by atoms with Crippen molar-refractivity contribution in [3.05, 3.63) is 11.8 Å². The number of thioether (sulfide) groups is 1. The second kappa shape index (κ2) is 7.59. The summed E-state index contributed by atoms with van der Waals surface area (Å²) in [6, 6.07) is 1.90. The van der Waals surface area contributed by atoms with Gasteiger partial charge in [-0.2, -0.15) is 0 Å². The van der Waals surface area contributed by atoms with Gasteiger partial charge in [-0.25, -0.2) is 0 Å². The number of aromatic nitrogens is 1. The van der Waals surface area contributed by atoms with Gasteiger partial charge in [0.2, 0.25) is 11.8 Å². The Labute approximate surface area is 146 Å². The van der Waals surface area contributed by atoms with Crippen molar-refractivity contribution < 1.29 is 14.1 Å². The van der Waals surface area contributed by atoms with Gasteiger partial charge in [-0.1, -0.05) is 11.6 Å². The average molecular weight is 351 g/mol. The Kier molecular flexibility index (Phi) is 5.48. The Hall–Kier alpha value is -1.50. The maximum atomic E-state index is 12.1. The minimum Gasteiger partial charge on any atom is -0.360 e. The summed E-state index contributed by atoms with van der Waals surface area (Å²) >= 11 is 1.31. The third kappa shape index (κ3) is 4.32. The molecule has 0 aromatic carbocycles. The number of amides is 2. The van der Waals surface area contributed by atoms with Gasteiger partial charge in [0.25, 0.3) is 0 Å². The molecule has 6 nitrogen and oxygen atoms in total. The predicted octanol–water partition coefficient (Wildman–Crippen LogP) is 2.60. The zero-order valence-electron chi connectivity index (χ0n) is 14.2. The van der Waals surface area contributed by atoms with Crippen LogP contribution >= 0.6 is 11.8 Å². The molecule has 7 heteroatoms. The van der Waals surface area contributed by atoms with Crippen LogP contribution in [0, 0.1) is 24.7 Å². The molecule has 4 atom stereocenters. The second-order valence-electron chi connectivity index (χ2n) is 7.06. The molecule has 2 amide bonds. The monoisotopic (exact) mass is 351 g/mol. The van der Waals surface area contributed by atoms with Crippen molar-refractivity contribution in [2.75, 3.05) is 16.8 Å². The van der Waals surface area contributed by atoms with Gasteiger partial charge in [0.05, 0.1) is 11.5 Å². The Balaban J connectivity index is 1.33. The summed E-state index contributed by atoms with van der Waals surface area (Å²) in [4.78, 5) is 23.8. The highest BCUT2D eigenvalue weighted by atomic mass is 32.2. The van der Waals surface area contributed by atoms with Crippen LogP contribution in [0.25, 0.3) is 0 Å². The van der Waals surface area contributed by atoms with Crippen molar-refractivity contribution >= 4 is 29.4 Å². The first-order valence-corrected chi connectivity index (χ1v) is 9.77.